The van der Waals surface area contributed by atoms with E-state index < -0.39 is 12.7 Å². The second-order valence-electron chi connectivity index (χ2n) is 6.91. The lowest BCUT2D eigenvalue weighted by Crippen LogP contribution is -2.40. The van der Waals surface area contributed by atoms with E-state index in [4.69, 9.17) is 0 Å². The van der Waals surface area contributed by atoms with Crippen molar-refractivity contribution in [1.82, 2.24) is 16.0 Å². The van der Waals surface area contributed by atoms with Crippen molar-refractivity contribution >= 4 is 11.9 Å². The number of aliphatic hydroxyl groups is 1. The molecule has 1 aliphatic rings. The summed E-state index contributed by atoms with van der Waals surface area (Å²) in [6, 6.07) is 6.09. The van der Waals surface area contributed by atoms with Gasteiger partial charge in [0, 0.05) is 25.6 Å². The van der Waals surface area contributed by atoms with Gasteiger partial charge in [0.15, 0.2) is 5.96 Å². The third-order valence-electron chi connectivity index (χ3n) is 4.62. The zero-order valence-electron chi connectivity index (χ0n) is 16.7. The van der Waals surface area contributed by atoms with Crippen molar-refractivity contribution < 1.29 is 23.4 Å². The van der Waals surface area contributed by atoms with E-state index in [2.05, 4.69) is 25.7 Å². The normalized spacial score (nSPS) is 16.0. The van der Waals surface area contributed by atoms with Crippen LogP contribution in [0.5, 0.6) is 5.75 Å². The molecule has 1 aliphatic carbocycles. The maximum atomic E-state index is 12.2. The molecule has 4 N–H and O–H groups in total. The Morgan fingerprint density at radius 2 is 1.93 bits per heavy atom. The quantitative estimate of drug-likeness (QED) is 0.350. The molecule has 0 radical (unpaired) electrons. The van der Waals surface area contributed by atoms with Gasteiger partial charge in [-0.25, -0.2) is 0 Å². The lowest BCUT2D eigenvalue weighted by atomic mass is 10.1. The molecule has 0 heterocycles. The monoisotopic (exact) mass is 412 g/mol. The number of aliphatic imine (C=N–C) groups is 1. The molecule has 1 atom stereocenters. The van der Waals surface area contributed by atoms with Crippen LogP contribution in [0.2, 0.25) is 0 Å². The van der Waals surface area contributed by atoms with Crippen LogP contribution in [0.25, 0.3) is 0 Å². The van der Waals surface area contributed by atoms with Gasteiger partial charge >= 0.3 is 6.61 Å². The molecule has 1 amide bonds. The molecular formula is C20H30F2N4O3. The highest BCUT2D eigenvalue weighted by atomic mass is 19.3. The number of amides is 1. The molecule has 2 rings (SSSR count). The second-order valence-corrected chi connectivity index (χ2v) is 6.91. The summed E-state index contributed by atoms with van der Waals surface area (Å²) in [5, 5.41) is 19.4. The van der Waals surface area contributed by atoms with Crippen LogP contribution in [0, 0.1) is 0 Å². The number of nitrogens with one attached hydrogen (secondary N) is 3. The summed E-state index contributed by atoms with van der Waals surface area (Å²) in [5.74, 6) is 0.551. The summed E-state index contributed by atoms with van der Waals surface area (Å²) in [6.45, 7) is 0.181. The number of nitrogens with zero attached hydrogens (tertiary/aromatic N) is 1. The predicted octanol–water partition coefficient (Wildman–Crippen LogP) is 2.33. The summed E-state index contributed by atoms with van der Waals surface area (Å²) in [4.78, 5) is 16.3. The van der Waals surface area contributed by atoms with Crippen molar-refractivity contribution in [3.05, 3.63) is 29.8 Å². The summed E-state index contributed by atoms with van der Waals surface area (Å²) in [5.41, 5.74) is 0.544. The number of rotatable bonds is 10. The zero-order chi connectivity index (χ0) is 21.1. The summed E-state index contributed by atoms with van der Waals surface area (Å²) < 4.78 is 28.7. The van der Waals surface area contributed by atoms with Gasteiger partial charge in [-0.1, -0.05) is 25.0 Å². The minimum Gasteiger partial charge on any atom is -0.435 e. The number of hydrogen-bond acceptors (Lipinski definition) is 4. The van der Waals surface area contributed by atoms with E-state index >= 15 is 0 Å². The SMILES string of the molecule is CCNC(=NCC(O)c1ccc(OC(F)F)cc1)NCCC(=O)NC1CCCC1. The Kier molecular flexibility index (Phi) is 9.63. The Labute approximate surface area is 169 Å². The Hall–Kier alpha value is -2.42. The highest BCUT2D eigenvalue weighted by molar-refractivity contribution is 5.81. The molecule has 0 bridgehead atoms. The van der Waals surface area contributed by atoms with Crippen LogP contribution in [0.4, 0.5) is 8.78 Å². The van der Waals surface area contributed by atoms with Gasteiger partial charge in [-0.2, -0.15) is 8.78 Å². The molecule has 1 aromatic carbocycles. The minimum atomic E-state index is -2.88. The van der Waals surface area contributed by atoms with E-state index in [1.807, 2.05) is 6.92 Å². The van der Waals surface area contributed by atoms with E-state index in [1.54, 1.807) is 0 Å². The van der Waals surface area contributed by atoms with Gasteiger partial charge in [0.25, 0.3) is 0 Å². The lowest BCUT2D eigenvalue weighted by Gasteiger charge is -2.15. The van der Waals surface area contributed by atoms with Crippen LogP contribution in [0.15, 0.2) is 29.3 Å². The molecule has 1 saturated carbocycles. The zero-order valence-corrected chi connectivity index (χ0v) is 16.7. The van der Waals surface area contributed by atoms with Gasteiger partial charge in [-0.15, -0.1) is 0 Å². The van der Waals surface area contributed by atoms with Crippen LogP contribution in [0.3, 0.4) is 0 Å². The molecule has 1 aromatic rings. The number of alkyl halides is 2. The number of ether oxygens (including phenoxy) is 1. The number of carbonyl (C=O) groups is 1. The first kappa shape index (κ1) is 22.9. The predicted molar refractivity (Wildman–Crippen MR) is 107 cm³/mol. The van der Waals surface area contributed by atoms with E-state index in [-0.39, 0.29) is 18.2 Å². The summed E-state index contributed by atoms with van der Waals surface area (Å²) in [7, 11) is 0. The first-order chi connectivity index (χ1) is 14.0. The number of benzene rings is 1. The Morgan fingerprint density at radius 1 is 1.24 bits per heavy atom. The molecular weight excluding hydrogens is 382 g/mol. The van der Waals surface area contributed by atoms with Gasteiger partial charge in [0.1, 0.15) is 5.75 Å². The summed E-state index contributed by atoms with van der Waals surface area (Å²) in [6.07, 6.45) is 3.90. The van der Waals surface area contributed by atoms with Crippen molar-refractivity contribution in [3.8, 4) is 5.75 Å². The molecule has 1 unspecified atom stereocenters. The van der Waals surface area contributed by atoms with Crippen LogP contribution < -0.4 is 20.7 Å². The number of hydrogen-bond donors (Lipinski definition) is 4. The van der Waals surface area contributed by atoms with E-state index in [0.29, 0.717) is 37.1 Å². The molecule has 0 aromatic heterocycles. The fourth-order valence-electron chi connectivity index (χ4n) is 3.16. The fraction of sp³-hybridized carbons (Fsp3) is 0.600. The van der Waals surface area contributed by atoms with Crippen molar-refractivity contribution in [2.24, 2.45) is 4.99 Å². The number of carbonyl (C=O) groups excluding carboxylic acids is 1. The Bertz CT molecular complexity index is 650. The first-order valence-electron chi connectivity index (χ1n) is 10.0. The van der Waals surface area contributed by atoms with Crippen molar-refractivity contribution in [3.63, 3.8) is 0 Å². The average Bonchev–Trinajstić information content (AvgIpc) is 3.19. The molecule has 162 valence electrons. The van der Waals surface area contributed by atoms with Gasteiger partial charge in [-0.05, 0) is 37.5 Å². The molecule has 0 spiro atoms. The van der Waals surface area contributed by atoms with Gasteiger partial charge in [0.05, 0.1) is 12.6 Å². The summed E-state index contributed by atoms with van der Waals surface area (Å²) >= 11 is 0. The maximum absolute atomic E-state index is 12.2. The topological polar surface area (TPSA) is 95.0 Å². The van der Waals surface area contributed by atoms with Crippen molar-refractivity contribution in [2.45, 2.75) is 57.8 Å². The number of halogens is 2. The van der Waals surface area contributed by atoms with Crippen molar-refractivity contribution in [2.75, 3.05) is 19.6 Å². The highest BCUT2D eigenvalue weighted by Gasteiger charge is 2.16. The first-order valence-corrected chi connectivity index (χ1v) is 10.0. The lowest BCUT2D eigenvalue weighted by molar-refractivity contribution is -0.121. The highest BCUT2D eigenvalue weighted by Crippen LogP contribution is 2.19. The van der Waals surface area contributed by atoms with Crippen molar-refractivity contribution in [1.29, 1.82) is 0 Å². The Morgan fingerprint density at radius 3 is 2.55 bits per heavy atom. The molecule has 29 heavy (non-hydrogen) atoms. The van der Waals surface area contributed by atoms with E-state index in [0.717, 1.165) is 12.8 Å². The molecule has 9 heteroatoms. The number of aliphatic hydroxyl groups excluding tert-OH is 1. The standard InChI is InChI=1S/C20H30F2N4O3/c1-2-23-20(24-12-11-18(28)26-15-5-3-4-6-15)25-13-17(27)14-7-9-16(10-8-14)29-19(21)22/h7-10,15,17,19,27H,2-6,11-13H2,1H3,(H,26,28)(H2,23,24,25). The van der Waals surface area contributed by atoms with Crippen LogP contribution >= 0.6 is 0 Å². The third-order valence-corrected chi connectivity index (χ3v) is 4.62. The van der Waals surface area contributed by atoms with Gasteiger partial charge < -0.3 is 25.8 Å². The Balaban J connectivity index is 1.78. The molecule has 7 nitrogen and oxygen atoms in total. The molecule has 1 fully saturated rings. The van der Waals surface area contributed by atoms with Crippen LogP contribution in [-0.4, -0.2) is 49.3 Å². The van der Waals surface area contributed by atoms with Gasteiger partial charge in [-0.3, -0.25) is 9.79 Å². The maximum Gasteiger partial charge on any atom is 0.387 e. The largest absolute Gasteiger partial charge is 0.435 e. The van der Waals surface area contributed by atoms with E-state index in [9.17, 15) is 18.7 Å². The molecule has 0 saturated heterocycles. The second kappa shape index (κ2) is 12.2. The number of guanidine groups is 1. The minimum absolute atomic E-state index is 0.0198. The molecule has 0 aliphatic heterocycles. The fourth-order valence-corrected chi connectivity index (χ4v) is 3.16. The average molecular weight is 412 g/mol. The van der Waals surface area contributed by atoms with Crippen LogP contribution in [-0.2, 0) is 4.79 Å². The van der Waals surface area contributed by atoms with E-state index in [1.165, 1.54) is 37.1 Å². The third kappa shape index (κ3) is 8.64. The van der Waals surface area contributed by atoms with Crippen LogP contribution in [0.1, 0.15) is 50.7 Å². The van der Waals surface area contributed by atoms with Gasteiger partial charge in [0.2, 0.25) is 5.91 Å². The smallest absolute Gasteiger partial charge is 0.387 e.